The van der Waals surface area contributed by atoms with Crippen molar-refractivity contribution in [2.75, 3.05) is 13.2 Å². The SMILES string of the molecule is NN(C1=C(Cl)C2=CCN2C=C1)C1=C2C3=C(CCCC3)SC2NCN1. The van der Waals surface area contributed by atoms with E-state index in [0.717, 1.165) is 35.2 Å². The number of rotatable bonds is 2. The van der Waals surface area contributed by atoms with Crippen molar-refractivity contribution in [3.63, 3.8) is 0 Å². The highest BCUT2D eigenvalue weighted by atomic mass is 35.5. The molecule has 0 amide bonds. The molecule has 1 atom stereocenters. The Morgan fingerprint density at radius 2 is 2.21 bits per heavy atom. The molecule has 0 saturated carbocycles. The fourth-order valence-corrected chi connectivity index (χ4v) is 5.70. The molecule has 0 bridgehead atoms. The van der Waals surface area contributed by atoms with Crippen LogP contribution >= 0.6 is 23.4 Å². The Hall–Kier alpha value is -1.34. The second-order valence-corrected chi connectivity index (χ2v) is 8.13. The van der Waals surface area contributed by atoms with Crippen LogP contribution in [0.3, 0.4) is 0 Å². The maximum atomic E-state index is 6.59. The number of fused-ring (bicyclic) bond motifs is 3. The second kappa shape index (κ2) is 5.59. The zero-order valence-electron chi connectivity index (χ0n) is 13.3. The molecule has 0 aromatic rings. The van der Waals surface area contributed by atoms with Crippen LogP contribution in [0.2, 0.25) is 0 Å². The summed E-state index contributed by atoms with van der Waals surface area (Å²) in [5, 5.41) is 9.76. The fraction of sp³-hybridized carbons (Fsp3) is 0.412. The van der Waals surface area contributed by atoms with Crippen molar-refractivity contribution in [3.8, 4) is 0 Å². The van der Waals surface area contributed by atoms with Crippen LogP contribution in [0.5, 0.6) is 0 Å². The average Bonchev–Trinajstić information content (AvgIpc) is 2.94. The van der Waals surface area contributed by atoms with Crippen LogP contribution < -0.4 is 16.5 Å². The Labute approximate surface area is 150 Å². The molecule has 0 aromatic carbocycles. The summed E-state index contributed by atoms with van der Waals surface area (Å²) in [7, 11) is 0. The Bertz CT molecular complexity index is 763. The average molecular weight is 362 g/mol. The van der Waals surface area contributed by atoms with E-state index in [4.69, 9.17) is 17.4 Å². The van der Waals surface area contributed by atoms with Gasteiger partial charge in [0.1, 0.15) is 5.82 Å². The number of nitrogens with one attached hydrogen (secondary N) is 2. The predicted octanol–water partition coefficient (Wildman–Crippen LogP) is 2.60. The van der Waals surface area contributed by atoms with Gasteiger partial charge in [0.15, 0.2) is 0 Å². The van der Waals surface area contributed by atoms with Gasteiger partial charge in [-0.25, -0.2) is 5.84 Å². The summed E-state index contributed by atoms with van der Waals surface area (Å²) in [6.07, 6.45) is 11.1. The zero-order chi connectivity index (χ0) is 16.3. The van der Waals surface area contributed by atoms with Crippen molar-refractivity contribution in [2.45, 2.75) is 31.1 Å². The Morgan fingerprint density at radius 3 is 3.04 bits per heavy atom. The van der Waals surface area contributed by atoms with E-state index in [-0.39, 0.29) is 0 Å². The van der Waals surface area contributed by atoms with Crippen LogP contribution in [0, 0.1) is 0 Å². The van der Waals surface area contributed by atoms with Gasteiger partial charge in [0.2, 0.25) is 0 Å². The van der Waals surface area contributed by atoms with Gasteiger partial charge in [0, 0.05) is 18.3 Å². The van der Waals surface area contributed by atoms with Crippen molar-refractivity contribution in [1.82, 2.24) is 20.5 Å². The molecule has 126 valence electrons. The summed E-state index contributed by atoms with van der Waals surface area (Å²) in [5.41, 5.74) is 4.71. The second-order valence-electron chi connectivity index (χ2n) is 6.55. The number of nitrogens with zero attached hydrogens (tertiary/aromatic N) is 2. The number of allylic oxidation sites excluding steroid dienone is 3. The van der Waals surface area contributed by atoms with Gasteiger partial charge in [-0.1, -0.05) is 11.6 Å². The van der Waals surface area contributed by atoms with E-state index in [2.05, 4.69) is 27.8 Å². The fourth-order valence-electron chi connectivity index (χ4n) is 3.92. The summed E-state index contributed by atoms with van der Waals surface area (Å²) in [4.78, 5) is 3.67. The maximum absolute atomic E-state index is 6.59. The van der Waals surface area contributed by atoms with Crippen molar-refractivity contribution in [3.05, 3.63) is 56.7 Å². The topological polar surface area (TPSA) is 56.6 Å². The van der Waals surface area contributed by atoms with E-state index in [1.54, 1.807) is 5.01 Å². The standard InChI is InChI=1S/C17H20ClN5S/c18-15-11-5-7-22(11)8-6-12(15)23(19)16-14-10-3-1-2-4-13(10)24-17(14)21-9-20-16/h5-6,8,17,20-21H,1-4,7,9,19H2. The van der Waals surface area contributed by atoms with Crippen LogP contribution in [0.25, 0.3) is 0 Å². The lowest BCUT2D eigenvalue weighted by atomic mass is 9.92. The van der Waals surface area contributed by atoms with Crippen molar-refractivity contribution in [2.24, 2.45) is 5.84 Å². The first-order valence-electron chi connectivity index (χ1n) is 8.44. The van der Waals surface area contributed by atoms with Gasteiger partial charge >= 0.3 is 0 Å². The molecule has 5 rings (SSSR count). The monoisotopic (exact) mass is 361 g/mol. The molecule has 4 N–H and O–H groups in total. The third-order valence-electron chi connectivity index (χ3n) is 5.22. The van der Waals surface area contributed by atoms with Gasteiger partial charge in [0.25, 0.3) is 0 Å². The first-order valence-corrected chi connectivity index (χ1v) is 9.70. The molecule has 1 unspecified atom stereocenters. The molecule has 5 nitrogen and oxygen atoms in total. The number of hydrogen-bond acceptors (Lipinski definition) is 6. The number of nitrogens with two attached hydrogens (primary N) is 1. The third kappa shape index (κ3) is 2.10. The van der Waals surface area contributed by atoms with E-state index in [9.17, 15) is 0 Å². The molecule has 0 fully saturated rings. The molecule has 5 aliphatic rings. The predicted molar refractivity (Wildman–Crippen MR) is 97.9 cm³/mol. The normalized spacial score (nSPS) is 28.2. The van der Waals surface area contributed by atoms with Crippen LogP contribution in [0.15, 0.2) is 56.7 Å². The van der Waals surface area contributed by atoms with Gasteiger partial charge < -0.3 is 10.2 Å². The zero-order valence-corrected chi connectivity index (χ0v) is 14.9. The highest BCUT2D eigenvalue weighted by Crippen LogP contribution is 2.49. The summed E-state index contributed by atoms with van der Waals surface area (Å²) >= 11 is 8.55. The highest BCUT2D eigenvalue weighted by Gasteiger charge is 2.38. The number of hydrogen-bond donors (Lipinski definition) is 3. The van der Waals surface area contributed by atoms with E-state index < -0.39 is 0 Å². The minimum absolute atomic E-state index is 0.307. The lowest BCUT2D eigenvalue weighted by Gasteiger charge is -2.38. The summed E-state index contributed by atoms with van der Waals surface area (Å²) in [6.45, 7) is 1.64. The highest BCUT2D eigenvalue weighted by molar-refractivity contribution is 8.04. The van der Waals surface area contributed by atoms with E-state index in [0.29, 0.717) is 12.0 Å². The first kappa shape index (κ1) is 15.0. The van der Waals surface area contributed by atoms with Gasteiger partial charge in [-0.3, -0.25) is 10.3 Å². The quantitative estimate of drug-likeness (QED) is 0.519. The largest absolute Gasteiger partial charge is 0.357 e. The van der Waals surface area contributed by atoms with E-state index >= 15 is 0 Å². The van der Waals surface area contributed by atoms with Gasteiger partial charge in [-0.2, -0.15) is 0 Å². The molecule has 4 heterocycles. The molecule has 0 saturated heterocycles. The van der Waals surface area contributed by atoms with Crippen LogP contribution in [0.1, 0.15) is 25.7 Å². The first-order chi connectivity index (χ1) is 11.7. The molecular weight excluding hydrogens is 342 g/mol. The minimum Gasteiger partial charge on any atom is -0.357 e. The Balaban J connectivity index is 1.57. The number of hydrazine groups is 1. The summed E-state index contributed by atoms with van der Waals surface area (Å²) < 4.78 is 0. The molecule has 0 aromatic heterocycles. The van der Waals surface area contributed by atoms with Crippen molar-refractivity contribution in [1.29, 1.82) is 0 Å². The maximum Gasteiger partial charge on any atom is 0.127 e. The van der Waals surface area contributed by atoms with Crippen LogP contribution in [-0.4, -0.2) is 28.5 Å². The molecule has 1 aliphatic carbocycles. The van der Waals surface area contributed by atoms with Gasteiger partial charge in [-0.05, 0) is 48.3 Å². The third-order valence-corrected chi connectivity index (χ3v) is 6.98. The number of thioether (sulfide) groups is 1. The molecule has 0 radical (unpaired) electrons. The van der Waals surface area contributed by atoms with E-state index in [1.807, 2.05) is 17.8 Å². The van der Waals surface area contributed by atoms with Crippen LogP contribution in [0.4, 0.5) is 0 Å². The minimum atomic E-state index is 0.307. The lowest BCUT2D eigenvalue weighted by Crippen LogP contribution is -2.49. The molecule has 24 heavy (non-hydrogen) atoms. The van der Waals surface area contributed by atoms with E-state index in [1.165, 1.54) is 35.3 Å². The molecule has 0 spiro atoms. The van der Waals surface area contributed by atoms with Crippen LogP contribution in [-0.2, 0) is 0 Å². The molecular formula is C17H20ClN5S. The Kier molecular flexibility index (Phi) is 3.49. The molecule has 4 aliphatic heterocycles. The number of halogens is 1. The Morgan fingerprint density at radius 1 is 1.33 bits per heavy atom. The summed E-state index contributed by atoms with van der Waals surface area (Å²) in [5.74, 6) is 7.53. The van der Waals surface area contributed by atoms with Crippen molar-refractivity contribution < 1.29 is 0 Å². The summed E-state index contributed by atoms with van der Waals surface area (Å²) in [6, 6.07) is 0. The van der Waals surface area contributed by atoms with Crippen molar-refractivity contribution >= 4 is 23.4 Å². The lowest BCUT2D eigenvalue weighted by molar-refractivity contribution is 0.376. The molecule has 7 heteroatoms. The smallest absolute Gasteiger partial charge is 0.127 e. The van der Waals surface area contributed by atoms with Gasteiger partial charge in [-0.15, -0.1) is 11.8 Å². The van der Waals surface area contributed by atoms with Gasteiger partial charge in [0.05, 0.1) is 28.5 Å².